The molecule has 3 aliphatic heterocycles. The summed E-state index contributed by atoms with van der Waals surface area (Å²) >= 11 is 0. The van der Waals surface area contributed by atoms with Crippen LogP contribution in [0.15, 0.2) is 30.3 Å². The van der Waals surface area contributed by atoms with Gasteiger partial charge in [-0.05, 0) is 17.4 Å². The predicted octanol–water partition coefficient (Wildman–Crippen LogP) is 1.29. The van der Waals surface area contributed by atoms with E-state index >= 15 is 0 Å². The van der Waals surface area contributed by atoms with E-state index in [0.717, 1.165) is 32.7 Å². The number of carbonyl (C=O) groups is 2. The first kappa shape index (κ1) is 16.5. The van der Waals surface area contributed by atoms with Gasteiger partial charge in [0.15, 0.2) is 0 Å². The van der Waals surface area contributed by atoms with Crippen molar-refractivity contribution in [3.63, 3.8) is 0 Å². The molecule has 0 aromatic heterocycles. The summed E-state index contributed by atoms with van der Waals surface area (Å²) in [5, 5.41) is 0. The van der Waals surface area contributed by atoms with E-state index in [1.54, 1.807) is 11.9 Å². The van der Waals surface area contributed by atoms with Crippen molar-refractivity contribution in [1.82, 2.24) is 19.6 Å². The molecule has 25 heavy (non-hydrogen) atoms. The Hall–Kier alpha value is -1.92. The first-order valence-corrected chi connectivity index (χ1v) is 9.06. The van der Waals surface area contributed by atoms with Gasteiger partial charge in [-0.2, -0.15) is 0 Å². The number of urea groups is 1. The molecule has 3 fully saturated rings. The van der Waals surface area contributed by atoms with E-state index in [-0.39, 0.29) is 18.1 Å². The van der Waals surface area contributed by atoms with Gasteiger partial charge in [0.1, 0.15) is 0 Å². The number of nitrogens with zero attached hydrogens (tertiary/aromatic N) is 4. The molecule has 1 aromatic rings. The van der Waals surface area contributed by atoms with Crippen LogP contribution in [0.3, 0.4) is 0 Å². The van der Waals surface area contributed by atoms with Gasteiger partial charge in [0.2, 0.25) is 5.91 Å². The van der Waals surface area contributed by atoms with E-state index in [4.69, 9.17) is 0 Å². The van der Waals surface area contributed by atoms with Crippen molar-refractivity contribution in [3.8, 4) is 0 Å². The van der Waals surface area contributed by atoms with E-state index < -0.39 is 0 Å². The number of imide groups is 1. The number of hydrogen-bond donors (Lipinski definition) is 0. The second kappa shape index (κ2) is 6.42. The van der Waals surface area contributed by atoms with Crippen molar-refractivity contribution in [2.24, 2.45) is 11.8 Å². The zero-order chi connectivity index (χ0) is 17.6. The Morgan fingerprint density at radius 2 is 1.60 bits per heavy atom. The molecule has 0 aliphatic carbocycles. The van der Waals surface area contributed by atoms with E-state index in [9.17, 15) is 9.59 Å². The summed E-state index contributed by atoms with van der Waals surface area (Å²) in [5.41, 5.74) is 1.37. The van der Waals surface area contributed by atoms with Gasteiger partial charge in [0.25, 0.3) is 0 Å². The lowest BCUT2D eigenvalue weighted by Crippen LogP contribution is -2.59. The molecule has 3 unspecified atom stereocenters. The van der Waals surface area contributed by atoms with Crippen LogP contribution in [-0.4, -0.2) is 78.0 Å². The minimum atomic E-state index is -0.191. The first-order chi connectivity index (χ1) is 12.0. The number of fused-ring (bicyclic) bond motifs is 1. The van der Waals surface area contributed by atoms with Crippen molar-refractivity contribution in [1.29, 1.82) is 0 Å². The molecule has 3 amide bonds. The largest absolute Gasteiger partial charge is 0.327 e. The zero-order valence-electron chi connectivity index (χ0n) is 15.0. The summed E-state index contributed by atoms with van der Waals surface area (Å²) < 4.78 is 0. The Morgan fingerprint density at radius 3 is 2.24 bits per heavy atom. The van der Waals surface area contributed by atoms with Crippen LogP contribution in [0.4, 0.5) is 4.79 Å². The van der Waals surface area contributed by atoms with E-state index in [2.05, 4.69) is 40.1 Å². The number of hydrogen-bond acceptors (Lipinski definition) is 4. The first-order valence-electron chi connectivity index (χ1n) is 9.06. The highest BCUT2D eigenvalue weighted by Gasteiger charge is 2.45. The normalized spacial score (nSPS) is 31.0. The molecule has 3 aliphatic rings. The third-order valence-electron chi connectivity index (χ3n) is 6.03. The molecule has 0 N–H and O–H groups in total. The molecule has 1 aromatic carbocycles. The van der Waals surface area contributed by atoms with Crippen LogP contribution in [-0.2, 0) is 11.3 Å². The monoisotopic (exact) mass is 342 g/mol. The average molecular weight is 342 g/mol. The molecule has 0 bridgehead atoms. The third-order valence-corrected chi connectivity index (χ3v) is 6.03. The molecule has 0 spiro atoms. The van der Waals surface area contributed by atoms with Gasteiger partial charge in [-0.1, -0.05) is 30.3 Å². The summed E-state index contributed by atoms with van der Waals surface area (Å²) in [4.78, 5) is 32.1. The van der Waals surface area contributed by atoms with Gasteiger partial charge in [0, 0.05) is 46.8 Å². The molecule has 3 saturated heterocycles. The standard InChI is InChI=1S/C19H26N4O2/c1-20-17(8-18(24)21(2)19(20)25)23-12-15-10-22(11-16(15)13-23)9-14-6-4-3-5-7-14/h3-7,15-17H,8-13H2,1-2H3. The molecule has 0 radical (unpaired) electrons. The van der Waals surface area contributed by atoms with E-state index in [1.807, 2.05) is 7.05 Å². The Kier molecular flexibility index (Phi) is 4.25. The highest BCUT2D eigenvalue weighted by molar-refractivity contribution is 5.96. The summed E-state index contributed by atoms with van der Waals surface area (Å²) in [7, 11) is 3.38. The predicted molar refractivity (Wildman–Crippen MR) is 94.6 cm³/mol. The van der Waals surface area contributed by atoms with Crippen LogP contribution in [0.1, 0.15) is 12.0 Å². The Morgan fingerprint density at radius 1 is 0.960 bits per heavy atom. The van der Waals surface area contributed by atoms with Gasteiger partial charge in [-0.25, -0.2) is 4.79 Å². The quantitative estimate of drug-likeness (QED) is 0.831. The van der Waals surface area contributed by atoms with Crippen LogP contribution in [0, 0.1) is 11.8 Å². The Balaban J connectivity index is 1.36. The molecular formula is C19H26N4O2. The maximum atomic E-state index is 12.2. The summed E-state index contributed by atoms with van der Waals surface area (Å²) in [6.45, 7) is 5.19. The second-order valence-corrected chi connectivity index (χ2v) is 7.68. The number of carbonyl (C=O) groups excluding carboxylic acids is 2. The van der Waals surface area contributed by atoms with Crippen molar-refractivity contribution < 1.29 is 9.59 Å². The number of amides is 3. The highest BCUT2D eigenvalue weighted by Crippen LogP contribution is 2.34. The SMILES string of the molecule is CN1C(=O)CC(N2CC3CN(Cc4ccccc4)CC3C2)N(C)C1=O. The topological polar surface area (TPSA) is 47.1 Å². The molecule has 134 valence electrons. The Labute approximate surface area is 149 Å². The molecule has 3 atom stereocenters. The molecule has 3 heterocycles. The average Bonchev–Trinajstić information content (AvgIpc) is 3.15. The maximum Gasteiger partial charge on any atom is 0.327 e. The van der Waals surface area contributed by atoms with Gasteiger partial charge in [-0.15, -0.1) is 0 Å². The van der Waals surface area contributed by atoms with Crippen molar-refractivity contribution in [2.45, 2.75) is 19.1 Å². The maximum absolute atomic E-state index is 12.2. The van der Waals surface area contributed by atoms with Crippen LogP contribution < -0.4 is 0 Å². The molecule has 6 nitrogen and oxygen atoms in total. The fourth-order valence-corrected chi connectivity index (χ4v) is 4.62. The van der Waals surface area contributed by atoms with E-state index in [0.29, 0.717) is 18.3 Å². The molecule has 4 rings (SSSR count). The van der Waals surface area contributed by atoms with Gasteiger partial charge < -0.3 is 4.90 Å². The van der Waals surface area contributed by atoms with Gasteiger partial charge in [0.05, 0.1) is 12.6 Å². The van der Waals surface area contributed by atoms with Crippen LogP contribution in [0.25, 0.3) is 0 Å². The van der Waals surface area contributed by atoms with Gasteiger partial charge >= 0.3 is 6.03 Å². The number of likely N-dealkylation sites (tertiary alicyclic amines) is 2. The molecular weight excluding hydrogens is 316 g/mol. The van der Waals surface area contributed by atoms with Crippen molar-refractivity contribution >= 4 is 11.9 Å². The highest BCUT2D eigenvalue weighted by atomic mass is 16.2. The summed E-state index contributed by atoms with van der Waals surface area (Å²) in [6, 6.07) is 10.4. The van der Waals surface area contributed by atoms with Gasteiger partial charge in [-0.3, -0.25) is 19.5 Å². The lowest BCUT2D eigenvalue weighted by Gasteiger charge is -2.41. The number of benzene rings is 1. The van der Waals surface area contributed by atoms with Crippen molar-refractivity contribution in [2.75, 3.05) is 40.3 Å². The minimum Gasteiger partial charge on any atom is -0.311 e. The summed E-state index contributed by atoms with van der Waals surface area (Å²) in [5.74, 6) is 1.21. The zero-order valence-corrected chi connectivity index (χ0v) is 15.0. The number of rotatable bonds is 3. The van der Waals surface area contributed by atoms with Crippen LogP contribution >= 0.6 is 0 Å². The van der Waals surface area contributed by atoms with Crippen LogP contribution in [0.2, 0.25) is 0 Å². The van der Waals surface area contributed by atoms with Crippen LogP contribution in [0.5, 0.6) is 0 Å². The fourth-order valence-electron chi connectivity index (χ4n) is 4.62. The Bertz CT molecular complexity index is 651. The minimum absolute atomic E-state index is 0.0733. The fraction of sp³-hybridized carbons (Fsp3) is 0.579. The molecule has 0 saturated carbocycles. The smallest absolute Gasteiger partial charge is 0.311 e. The van der Waals surface area contributed by atoms with E-state index in [1.165, 1.54) is 10.5 Å². The lowest BCUT2D eigenvalue weighted by atomic mass is 10.0. The molecule has 6 heteroatoms. The van der Waals surface area contributed by atoms with Crippen molar-refractivity contribution in [3.05, 3.63) is 35.9 Å². The lowest BCUT2D eigenvalue weighted by molar-refractivity contribution is -0.133. The summed E-state index contributed by atoms with van der Waals surface area (Å²) in [6.07, 6.45) is 0.329. The second-order valence-electron chi connectivity index (χ2n) is 7.68. The third kappa shape index (κ3) is 3.04.